The van der Waals surface area contributed by atoms with Crippen LogP contribution in [-0.2, 0) is 0 Å². The minimum Gasteiger partial charge on any atom is -0.366 e. The normalized spacial score (nSPS) is 20.5. The van der Waals surface area contributed by atoms with E-state index in [9.17, 15) is 4.39 Å². The number of amidine groups is 1. The van der Waals surface area contributed by atoms with Gasteiger partial charge in [-0.1, -0.05) is 0 Å². The van der Waals surface area contributed by atoms with Crippen LogP contribution in [0.25, 0.3) is 0 Å². The van der Waals surface area contributed by atoms with Crippen LogP contribution in [-0.4, -0.2) is 18.4 Å². The van der Waals surface area contributed by atoms with Gasteiger partial charge >= 0.3 is 0 Å². The zero-order valence-corrected chi connectivity index (χ0v) is 8.34. The summed E-state index contributed by atoms with van der Waals surface area (Å²) in [6, 6.07) is 5.44. The third kappa shape index (κ3) is 1.62. The third-order valence-electron chi connectivity index (χ3n) is 2.34. The van der Waals surface area contributed by atoms with Gasteiger partial charge in [-0.25, -0.2) is 4.39 Å². The van der Waals surface area contributed by atoms with Crippen molar-refractivity contribution < 1.29 is 4.39 Å². The van der Waals surface area contributed by atoms with Crippen molar-refractivity contribution in [3.63, 3.8) is 0 Å². The monoisotopic (exact) mass is 192 g/mol. The molecule has 0 radical (unpaired) electrons. The van der Waals surface area contributed by atoms with Gasteiger partial charge in [0.2, 0.25) is 0 Å². The molecule has 1 unspecified atom stereocenters. The lowest BCUT2D eigenvalue weighted by Gasteiger charge is -2.06. The minimum absolute atomic E-state index is 0.166. The molecule has 0 bridgehead atoms. The number of benzene rings is 1. The van der Waals surface area contributed by atoms with E-state index in [0.717, 1.165) is 17.9 Å². The molecule has 2 rings (SSSR count). The van der Waals surface area contributed by atoms with Crippen LogP contribution in [0.4, 0.5) is 4.39 Å². The van der Waals surface area contributed by atoms with E-state index in [4.69, 9.17) is 0 Å². The van der Waals surface area contributed by atoms with Gasteiger partial charge in [0.25, 0.3) is 0 Å². The van der Waals surface area contributed by atoms with Gasteiger partial charge in [-0.05, 0) is 37.6 Å². The average Bonchev–Trinajstić information content (AvgIpc) is 2.57. The highest BCUT2D eigenvalue weighted by Crippen LogP contribution is 2.11. The summed E-state index contributed by atoms with van der Waals surface area (Å²) in [6.45, 7) is 4.64. The molecular formula is C11H13FN2. The molecule has 1 atom stereocenters. The van der Waals surface area contributed by atoms with Crippen molar-refractivity contribution in [2.24, 2.45) is 4.99 Å². The number of nitrogens with zero attached hydrogens (tertiary/aromatic N) is 1. The van der Waals surface area contributed by atoms with E-state index in [0.29, 0.717) is 11.6 Å². The Kier molecular flexibility index (Phi) is 2.23. The van der Waals surface area contributed by atoms with Gasteiger partial charge in [0.05, 0.1) is 6.54 Å². The van der Waals surface area contributed by atoms with E-state index in [2.05, 4.69) is 17.2 Å². The first-order chi connectivity index (χ1) is 6.66. The first kappa shape index (κ1) is 9.19. The lowest BCUT2D eigenvalue weighted by molar-refractivity contribution is 0.618. The van der Waals surface area contributed by atoms with Crippen LogP contribution in [0.5, 0.6) is 0 Å². The molecule has 1 aromatic rings. The third-order valence-corrected chi connectivity index (χ3v) is 2.34. The van der Waals surface area contributed by atoms with E-state index in [1.54, 1.807) is 13.0 Å². The molecule has 0 fully saturated rings. The minimum atomic E-state index is -0.166. The Labute approximate surface area is 82.9 Å². The van der Waals surface area contributed by atoms with Gasteiger partial charge in [0.1, 0.15) is 11.7 Å². The molecule has 1 aliphatic heterocycles. The molecule has 0 saturated carbocycles. The number of hydrogen-bond acceptors (Lipinski definition) is 2. The fraction of sp³-hybridized carbons (Fsp3) is 0.364. The maximum Gasteiger partial charge on any atom is 0.128 e. The number of aliphatic imine (C=N–C) groups is 1. The second kappa shape index (κ2) is 3.40. The zero-order chi connectivity index (χ0) is 10.1. The Morgan fingerprint density at radius 1 is 1.50 bits per heavy atom. The lowest BCUT2D eigenvalue weighted by Crippen LogP contribution is -2.27. The van der Waals surface area contributed by atoms with Crippen molar-refractivity contribution in [1.82, 2.24) is 5.32 Å². The molecule has 0 aliphatic carbocycles. The fourth-order valence-corrected chi connectivity index (χ4v) is 1.52. The zero-order valence-electron chi connectivity index (χ0n) is 8.34. The fourth-order valence-electron chi connectivity index (χ4n) is 1.52. The lowest BCUT2D eigenvalue weighted by atomic mass is 10.1. The van der Waals surface area contributed by atoms with Gasteiger partial charge in [0, 0.05) is 11.6 Å². The molecule has 1 heterocycles. The second-order valence-electron chi connectivity index (χ2n) is 3.70. The molecule has 3 heteroatoms. The summed E-state index contributed by atoms with van der Waals surface area (Å²) in [5.74, 6) is 0.709. The Morgan fingerprint density at radius 3 is 2.86 bits per heavy atom. The highest BCUT2D eigenvalue weighted by atomic mass is 19.1. The van der Waals surface area contributed by atoms with Crippen molar-refractivity contribution in [3.05, 3.63) is 35.1 Å². The predicted octanol–water partition coefficient (Wildman–Crippen LogP) is 1.87. The Morgan fingerprint density at radius 2 is 2.29 bits per heavy atom. The average molecular weight is 192 g/mol. The molecule has 0 aromatic heterocycles. The summed E-state index contributed by atoms with van der Waals surface area (Å²) in [7, 11) is 0. The van der Waals surface area contributed by atoms with Crippen molar-refractivity contribution in [1.29, 1.82) is 0 Å². The van der Waals surface area contributed by atoms with Gasteiger partial charge in [-0.2, -0.15) is 0 Å². The van der Waals surface area contributed by atoms with Crippen LogP contribution in [0, 0.1) is 12.7 Å². The summed E-state index contributed by atoms with van der Waals surface area (Å²) < 4.78 is 13.0. The van der Waals surface area contributed by atoms with Gasteiger partial charge in [0.15, 0.2) is 0 Å². The Balaban J connectivity index is 2.30. The van der Waals surface area contributed by atoms with Crippen LogP contribution in [0.2, 0.25) is 0 Å². The number of rotatable bonds is 1. The topological polar surface area (TPSA) is 24.4 Å². The van der Waals surface area contributed by atoms with Crippen molar-refractivity contribution in [2.75, 3.05) is 6.54 Å². The first-order valence-corrected chi connectivity index (χ1v) is 4.74. The van der Waals surface area contributed by atoms with E-state index in [1.165, 1.54) is 6.07 Å². The van der Waals surface area contributed by atoms with Crippen LogP contribution in [0.1, 0.15) is 18.1 Å². The van der Waals surface area contributed by atoms with Crippen molar-refractivity contribution in [3.8, 4) is 0 Å². The highest BCUT2D eigenvalue weighted by molar-refractivity contribution is 6.00. The van der Waals surface area contributed by atoms with Crippen LogP contribution in [0.3, 0.4) is 0 Å². The van der Waals surface area contributed by atoms with Gasteiger partial charge < -0.3 is 5.32 Å². The molecule has 1 aromatic carbocycles. The maximum absolute atomic E-state index is 13.0. The molecule has 1 N–H and O–H groups in total. The van der Waals surface area contributed by atoms with E-state index >= 15 is 0 Å². The molecule has 1 aliphatic rings. The molecule has 0 amide bonds. The Bertz CT molecular complexity index is 385. The quantitative estimate of drug-likeness (QED) is 0.721. The van der Waals surface area contributed by atoms with E-state index in [-0.39, 0.29) is 5.82 Å². The largest absolute Gasteiger partial charge is 0.366 e. The van der Waals surface area contributed by atoms with Gasteiger partial charge in [-0.3, -0.25) is 4.99 Å². The number of nitrogens with one attached hydrogen (secondary N) is 1. The van der Waals surface area contributed by atoms with Crippen molar-refractivity contribution in [2.45, 2.75) is 19.9 Å². The number of aryl methyl sites for hydroxylation is 1. The molecule has 0 saturated heterocycles. The van der Waals surface area contributed by atoms with E-state index in [1.807, 2.05) is 6.07 Å². The van der Waals surface area contributed by atoms with Crippen LogP contribution in [0.15, 0.2) is 23.2 Å². The predicted molar refractivity (Wildman–Crippen MR) is 55.1 cm³/mol. The summed E-state index contributed by atoms with van der Waals surface area (Å²) in [4.78, 5) is 4.34. The van der Waals surface area contributed by atoms with Crippen LogP contribution >= 0.6 is 0 Å². The van der Waals surface area contributed by atoms with Gasteiger partial charge in [-0.15, -0.1) is 0 Å². The highest BCUT2D eigenvalue weighted by Gasteiger charge is 2.14. The first-order valence-electron chi connectivity index (χ1n) is 4.74. The summed E-state index contributed by atoms with van der Waals surface area (Å²) >= 11 is 0. The maximum atomic E-state index is 13.0. The molecular weight excluding hydrogens is 179 g/mol. The second-order valence-corrected chi connectivity index (χ2v) is 3.70. The van der Waals surface area contributed by atoms with E-state index < -0.39 is 0 Å². The summed E-state index contributed by atoms with van der Waals surface area (Å²) in [5.41, 5.74) is 1.62. The molecule has 2 nitrogen and oxygen atoms in total. The SMILES string of the molecule is Cc1cc(C2=NCC(C)N2)ccc1F. The Hall–Kier alpha value is -1.38. The molecule has 14 heavy (non-hydrogen) atoms. The number of halogens is 1. The molecule has 74 valence electrons. The summed E-state index contributed by atoms with van der Waals surface area (Å²) in [6.07, 6.45) is 0. The van der Waals surface area contributed by atoms with Crippen LogP contribution < -0.4 is 5.32 Å². The summed E-state index contributed by atoms with van der Waals surface area (Å²) in [5, 5.41) is 3.24. The number of hydrogen-bond donors (Lipinski definition) is 1. The van der Waals surface area contributed by atoms with Crippen molar-refractivity contribution >= 4 is 5.84 Å². The smallest absolute Gasteiger partial charge is 0.128 e. The molecule has 0 spiro atoms. The standard InChI is InChI=1S/C11H13FN2/c1-7-5-9(3-4-10(7)12)11-13-6-8(2)14-11/h3-5,8H,6H2,1-2H3,(H,13,14).